The van der Waals surface area contributed by atoms with Crippen LogP contribution in [-0.4, -0.2) is 58.7 Å². The van der Waals surface area contributed by atoms with Gasteiger partial charge in [-0.15, -0.1) is 0 Å². The van der Waals surface area contributed by atoms with E-state index in [1.165, 1.54) is 0 Å². The number of hydrogen-bond acceptors (Lipinski definition) is 6. The molecule has 0 unspecified atom stereocenters. The molecule has 0 aliphatic carbocycles. The minimum atomic E-state index is -3.53. The van der Waals surface area contributed by atoms with Gasteiger partial charge >= 0.3 is 0 Å². The van der Waals surface area contributed by atoms with Crippen molar-refractivity contribution in [2.45, 2.75) is 31.1 Å². The number of rotatable bonds is 5. The Balaban J connectivity index is 1.50. The maximum Gasteiger partial charge on any atom is 0.243 e. The van der Waals surface area contributed by atoms with Crippen LogP contribution in [0.1, 0.15) is 32.0 Å². The second-order valence-corrected chi connectivity index (χ2v) is 10.7. The molecule has 9 heteroatoms. The van der Waals surface area contributed by atoms with Gasteiger partial charge in [0.2, 0.25) is 10.0 Å². The van der Waals surface area contributed by atoms with Gasteiger partial charge in [0.05, 0.1) is 22.2 Å². The summed E-state index contributed by atoms with van der Waals surface area (Å²) in [6.07, 6.45) is 2.52. The fraction of sp³-hybridized carbons (Fsp3) is 0.320. The molecule has 0 atom stereocenters. The first kappa shape index (κ1) is 22.5. The fourth-order valence-electron chi connectivity index (χ4n) is 4.25. The molecule has 1 fully saturated rings. The Hall–Kier alpha value is -3.30. The molecule has 0 N–H and O–H groups in total. The third-order valence-electron chi connectivity index (χ3n) is 6.08. The van der Waals surface area contributed by atoms with E-state index < -0.39 is 10.0 Å². The molecule has 34 heavy (non-hydrogen) atoms. The number of para-hydroxylation sites is 1. The van der Waals surface area contributed by atoms with Gasteiger partial charge in [0.15, 0.2) is 5.65 Å². The van der Waals surface area contributed by atoms with Crippen molar-refractivity contribution < 1.29 is 8.42 Å². The van der Waals surface area contributed by atoms with Crippen LogP contribution in [0.3, 0.4) is 0 Å². The zero-order valence-electron chi connectivity index (χ0n) is 19.4. The Labute approximate surface area is 199 Å². The van der Waals surface area contributed by atoms with E-state index in [4.69, 9.17) is 9.97 Å². The zero-order chi connectivity index (χ0) is 23.7. The number of sulfonamides is 1. The van der Waals surface area contributed by atoms with E-state index in [1.54, 1.807) is 28.6 Å². The van der Waals surface area contributed by atoms with Crippen LogP contribution in [0.4, 0.5) is 5.82 Å². The topological polar surface area (TPSA) is 84.2 Å². The van der Waals surface area contributed by atoms with E-state index in [0.717, 1.165) is 28.4 Å². The lowest BCUT2D eigenvalue weighted by atomic mass is 10.2. The van der Waals surface area contributed by atoms with E-state index >= 15 is 0 Å². The van der Waals surface area contributed by atoms with E-state index in [9.17, 15) is 8.42 Å². The van der Waals surface area contributed by atoms with Crippen molar-refractivity contribution >= 4 is 26.9 Å². The number of anilines is 1. The monoisotopic (exact) mass is 476 g/mol. The Morgan fingerprint density at radius 2 is 1.56 bits per heavy atom. The highest BCUT2D eigenvalue weighted by molar-refractivity contribution is 7.89. The van der Waals surface area contributed by atoms with Crippen molar-refractivity contribution in [3.8, 4) is 5.69 Å². The highest BCUT2D eigenvalue weighted by Gasteiger charge is 2.28. The first-order valence-corrected chi connectivity index (χ1v) is 13.0. The van der Waals surface area contributed by atoms with Gasteiger partial charge in [0.25, 0.3) is 0 Å². The second kappa shape index (κ2) is 9.15. The van der Waals surface area contributed by atoms with Crippen LogP contribution in [0.5, 0.6) is 0 Å². The van der Waals surface area contributed by atoms with Gasteiger partial charge in [-0.3, -0.25) is 0 Å². The van der Waals surface area contributed by atoms with Crippen molar-refractivity contribution in [3.05, 3.63) is 72.7 Å². The normalized spacial score (nSPS) is 15.7. The van der Waals surface area contributed by atoms with Gasteiger partial charge in [-0.2, -0.15) is 9.40 Å². The lowest BCUT2D eigenvalue weighted by molar-refractivity contribution is 0.433. The third-order valence-corrected chi connectivity index (χ3v) is 7.99. The van der Waals surface area contributed by atoms with E-state index in [0.29, 0.717) is 37.5 Å². The number of nitrogens with zero attached hydrogens (tertiary/aromatic N) is 6. The Kier molecular flexibility index (Phi) is 6.05. The highest BCUT2D eigenvalue weighted by Crippen LogP contribution is 2.29. The van der Waals surface area contributed by atoms with Crippen molar-refractivity contribution in [1.29, 1.82) is 0 Å². The third kappa shape index (κ3) is 4.17. The first-order chi connectivity index (χ1) is 16.4. The maximum atomic E-state index is 13.2. The molecule has 0 spiro atoms. The molecule has 3 heterocycles. The Morgan fingerprint density at radius 3 is 2.26 bits per heavy atom. The number of fused-ring (bicyclic) bond motifs is 1. The summed E-state index contributed by atoms with van der Waals surface area (Å²) in [6.45, 7) is 6.28. The first-order valence-electron chi connectivity index (χ1n) is 11.6. The summed E-state index contributed by atoms with van der Waals surface area (Å²) in [5.74, 6) is 1.71. The maximum absolute atomic E-state index is 13.2. The van der Waals surface area contributed by atoms with E-state index in [1.807, 2.05) is 47.3 Å². The second-order valence-electron chi connectivity index (χ2n) is 8.75. The molecule has 1 aliphatic heterocycles. The average molecular weight is 477 g/mol. The van der Waals surface area contributed by atoms with Crippen LogP contribution in [0.2, 0.25) is 0 Å². The van der Waals surface area contributed by atoms with Crippen molar-refractivity contribution in [2.75, 3.05) is 31.1 Å². The van der Waals surface area contributed by atoms with Crippen LogP contribution < -0.4 is 4.90 Å². The molecule has 8 nitrogen and oxygen atoms in total. The van der Waals surface area contributed by atoms with Gasteiger partial charge in [-0.25, -0.2) is 23.1 Å². The molecule has 176 valence electrons. The SMILES string of the molecule is CC(C)c1nc(N2CCCN(S(=O)(=O)c3ccccc3)CC2)c2cnn(-c3ccccc3)c2n1. The predicted octanol–water partition coefficient (Wildman–Crippen LogP) is 3.84. The summed E-state index contributed by atoms with van der Waals surface area (Å²) < 4.78 is 29.8. The minimum absolute atomic E-state index is 0.143. The van der Waals surface area contributed by atoms with E-state index in [2.05, 4.69) is 23.8 Å². The van der Waals surface area contributed by atoms with Crippen molar-refractivity contribution in [3.63, 3.8) is 0 Å². The molecule has 0 saturated carbocycles. The fourth-order valence-corrected chi connectivity index (χ4v) is 5.75. The summed E-state index contributed by atoms with van der Waals surface area (Å²) in [6, 6.07) is 18.6. The number of benzene rings is 2. The average Bonchev–Trinajstić information content (AvgIpc) is 3.13. The molecule has 2 aromatic carbocycles. The lowest BCUT2D eigenvalue weighted by Gasteiger charge is -2.24. The quantitative estimate of drug-likeness (QED) is 0.435. The summed E-state index contributed by atoms with van der Waals surface area (Å²) >= 11 is 0. The molecule has 1 aliphatic rings. The van der Waals surface area contributed by atoms with Gasteiger partial charge in [-0.1, -0.05) is 50.2 Å². The van der Waals surface area contributed by atoms with Gasteiger partial charge in [0, 0.05) is 32.1 Å². The van der Waals surface area contributed by atoms with E-state index in [-0.39, 0.29) is 5.92 Å². The van der Waals surface area contributed by atoms with Gasteiger partial charge in [-0.05, 0) is 30.7 Å². The smallest absolute Gasteiger partial charge is 0.243 e. The molecule has 0 amide bonds. The molecule has 0 bridgehead atoms. The molecule has 1 saturated heterocycles. The minimum Gasteiger partial charge on any atom is -0.355 e. The summed E-state index contributed by atoms with van der Waals surface area (Å²) in [4.78, 5) is 12.3. The van der Waals surface area contributed by atoms with Crippen LogP contribution >= 0.6 is 0 Å². The molecular formula is C25H28N6O2S. The lowest BCUT2D eigenvalue weighted by Crippen LogP contribution is -2.35. The molecule has 4 aromatic rings. The predicted molar refractivity (Wildman–Crippen MR) is 133 cm³/mol. The molecule has 0 radical (unpaired) electrons. The highest BCUT2D eigenvalue weighted by atomic mass is 32.2. The summed E-state index contributed by atoms with van der Waals surface area (Å²) in [7, 11) is -3.53. The molecule has 5 rings (SSSR count). The largest absolute Gasteiger partial charge is 0.355 e. The summed E-state index contributed by atoms with van der Waals surface area (Å²) in [5, 5.41) is 5.49. The van der Waals surface area contributed by atoms with Crippen LogP contribution in [0.15, 0.2) is 71.8 Å². The Bertz CT molecular complexity index is 1390. The van der Waals surface area contributed by atoms with Crippen LogP contribution in [0, 0.1) is 0 Å². The zero-order valence-corrected chi connectivity index (χ0v) is 20.2. The van der Waals surface area contributed by atoms with Crippen LogP contribution in [-0.2, 0) is 10.0 Å². The summed E-state index contributed by atoms with van der Waals surface area (Å²) in [5.41, 5.74) is 1.70. The molecular weight excluding hydrogens is 448 g/mol. The van der Waals surface area contributed by atoms with Gasteiger partial charge < -0.3 is 4.90 Å². The standard InChI is InChI=1S/C25H28N6O2S/c1-19(2)23-27-24(22-18-26-31(25(22)28-23)20-10-5-3-6-11-20)29-14-9-15-30(17-16-29)34(32,33)21-12-7-4-8-13-21/h3-8,10-13,18-19H,9,14-17H2,1-2H3. The number of aromatic nitrogens is 4. The van der Waals surface area contributed by atoms with Crippen LogP contribution in [0.25, 0.3) is 16.7 Å². The van der Waals surface area contributed by atoms with Gasteiger partial charge in [0.1, 0.15) is 11.6 Å². The Morgan fingerprint density at radius 1 is 0.853 bits per heavy atom. The number of hydrogen-bond donors (Lipinski definition) is 0. The van der Waals surface area contributed by atoms with Crippen molar-refractivity contribution in [1.82, 2.24) is 24.1 Å². The van der Waals surface area contributed by atoms with Crippen molar-refractivity contribution in [2.24, 2.45) is 0 Å². The molecule has 2 aromatic heterocycles.